The Hall–Kier alpha value is -2.55. The van der Waals surface area contributed by atoms with Crippen LogP contribution >= 0.6 is 0 Å². The Morgan fingerprint density at radius 2 is 1.96 bits per heavy atom. The molecule has 0 aliphatic heterocycles. The Morgan fingerprint density at radius 3 is 2.62 bits per heavy atom. The van der Waals surface area contributed by atoms with Crippen molar-refractivity contribution in [2.45, 2.75) is 64.0 Å². The number of carbonyl (C=O) groups is 2. The highest BCUT2D eigenvalue weighted by atomic mass is 16.6. The van der Waals surface area contributed by atoms with E-state index in [0.717, 1.165) is 31.2 Å². The lowest BCUT2D eigenvalue weighted by Crippen LogP contribution is -2.52. The number of amides is 1. The average molecular weight is 358 g/mol. The first-order chi connectivity index (χ1) is 12.5. The Bertz CT molecular complexity index is 675. The van der Waals surface area contributed by atoms with Crippen molar-refractivity contribution < 1.29 is 19.1 Å². The number of aryl methyl sites for hydroxylation is 1. The first kappa shape index (κ1) is 19.8. The van der Waals surface area contributed by atoms with E-state index in [1.165, 1.54) is 6.92 Å². The number of hydrogen-bond donors (Lipinski definition) is 1. The molecule has 0 saturated heterocycles. The summed E-state index contributed by atoms with van der Waals surface area (Å²) in [5, 5.41) is 12.2. The van der Waals surface area contributed by atoms with Gasteiger partial charge in [0.05, 0.1) is 6.07 Å². The lowest BCUT2D eigenvalue weighted by Gasteiger charge is -2.32. The van der Waals surface area contributed by atoms with Crippen LogP contribution in [0.5, 0.6) is 5.75 Å². The first-order valence-corrected chi connectivity index (χ1v) is 9.13. The fourth-order valence-electron chi connectivity index (χ4n) is 3.12. The number of para-hydroxylation sites is 1. The van der Waals surface area contributed by atoms with E-state index < -0.39 is 23.5 Å². The molecule has 1 saturated carbocycles. The second kappa shape index (κ2) is 9.23. The summed E-state index contributed by atoms with van der Waals surface area (Å²) in [6, 6.07) is 9.69. The Kier molecular flexibility index (Phi) is 7.02. The van der Waals surface area contributed by atoms with Crippen LogP contribution < -0.4 is 10.1 Å². The number of nitriles is 1. The third-order valence-electron chi connectivity index (χ3n) is 4.66. The zero-order valence-electron chi connectivity index (χ0n) is 15.4. The van der Waals surface area contributed by atoms with Crippen LogP contribution in [0.15, 0.2) is 24.3 Å². The molecule has 1 unspecified atom stereocenters. The molecule has 26 heavy (non-hydrogen) atoms. The summed E-state index contributed by atoms with van der Waals surface area (Å²) in [7, 11) is 0. The minimum atomic E-state index is -0.973. The number of esters is 1. The highest BCUT2D eigenvalue weighted by molar-refractivity contribution is 5.84. The Labute approximate surface area is 154 Å². The third kappa shape index (κ3) is 5.22. The van der Waals surface area contributed by atoms with E-state index in [4.69, 9.17) is 9.47 Å². The Morgan fingerprint density at radius 1 is 1.27 bits per heavy atom. The van der Waals surface area contributed by atoms with Crippen molar-refractivity contribution in [2.75, 3.05) is 6.61 Å². The van der Waals surface area contributed by atoms with Crippen molar-refractivity contribution >= 4 is 11.9 Å². The van der Waals surface area contributed by atoms with Gasteiger partial charge >= 0.3 is 5.97 Å². The molecule has 1 aliphatic carbocycles. The van der Waals surface area contributed by atoms with Crippen molar-refractivity contribution in [3.63, 3.8) is 0 Å². The van der Waals surface area contributed by atoms with E-state index in [9.17, 15) is 14.9 Å². The van der Waals surface area contributed by atoms with E-state index in [-0.39, 0.29) is 6.61 Å². The van der Waals surface area contributed by atoms with Gasteiger partial charge in [-0.3, -0.25) is 4.79 Å². The second-order valence-electron chi connectivity index (χ2n) is 6.63. The van der Waals surface area contributed by atoms with Gasteiger partial charge in [-0.1, -0.05) is 44.4 Å². The predicted molar refractivity (Wildman–Crippen MR) is 96.4 cm³/mol. The minimum Gasteiger partial charge on any atom is -0.482 e. The van der Waals surface area contributed by atoms with E-state index in [1.54, 1.807) is 6.07 Å². The van der Waals surface area contributed by atoms with E-state index in [1.807, 2.05) is 25.1 Å². The zero-order valence-corrected chi connectivity index (χ0v) is 15.4. The fourth-order valence-corrected chi connectivity index (χ4v) is 3.12. The molecule has 1 fully saturated rings. The summed E-state index contributed by atoms with van der Waals surface area (Å²) in [5.41, 5.74) is 0.159. The lowest BCUT2D eigenvalue weighted by atomic mass is 9.83. The summed E-state index contributed by atoms with van der Waals surface area (Å²) >= 11 is 0. The average Bonchev–Trinajstić information content (AvgIpc) is 2.67. The van der Waals surface area contributed by atoms with Crippen LogP contribution in [0.25, 0.3) is 0 Å². The molecule has 1 amide bonds. The van der Waals surface area contributed by atoms with Gasteiger partial charge in [0, 0.05) is 0 Å². The molecule has 6 heteroatoms. The number of benzene rings is 1. The van der Waals surface area contributed by atoms with Gasteiger partial charge in [0.25, 0.3) is 5.91 Å². The fraction of sp³-hybridized carbons (Fsp3) is 0.550. The van der Waals surface area contributed by atoms with Crippen LogP contribution in [-0.4, -0.2) is 30.1 Å². The molecule has 2 rings (SSSR count). The van der Waals surface area contributed by atoms with Crippen molar-refractivity contribution in [3.8, 4) is 11.8 Å². The van der Waals surface area contributed by atoms with Gasteiger partial charge in [-0.2, -0.15) is 5.26 Å². The number of ether oxygens (including phenoxy) is 2. The van der Waals surface area contributed by atoms with Gasteiger partial charge in [-0.25, -0.2) is 4.79 Å². The van der Waals surface area contributed by atoms with Gasteiger partial charge in [-0.15, -0.1) is 0 Å². The molecule has 0 radical (unpaired) electrons. The number of carbonyl (C=O) groups excluding carboxylic acids is 2. The van der Waals surface area contributed by atoms with Gasteiger partial charge in [0.2, 0.25) is 0 Å². The van der Waals surface area contributed by atoms with Crippen LogP contribution in [-0.2, 0) is 20.7 Å². The molecule has 1 N–H and O–H groups in total. The molecule has 140 valence electrons. The third-order valence-corrected chi connectivity index (χ3v) is 4.66. The van der Waals surface area contributed by atoms with Gasteiger partial charge < -0.3 is 14.8 Å². The molecular formula is C20H26N2O4. The summed E-state index contributed by atoms with van der Waals surface area (Å²) in [6.45, 7) is 3.24. The standard InChI is InChI=1S/C20H26N2O4/c1-3-16-9-5-6-10-17(16)25-13-18(23)26-15(2)19(24)22-20(14-21)11-7-4-8-12-20/h5-6,9-10,15H,3-4,7-8,11-13H2,1-2H3,(H,22,24). The molecular weight excluding hydrogens is 332 g/mol. The molecule has 0 aromatic heterocycles. The largest absolute Gasteiger partial charge is 0.482 e. The van der Waals surface area contributed by atoms with Crippen LogP contribution in [0.2, 0.25) is 0 Å². The van der Waals surface area contributed by atoms with E-state index >= 15 is 0 Å². The quantitative estimate of drug-likeness (QED) is 0.757. The summed E-state index contributed by atoms with van der Waals surface area (Å²) in [4.78, 5) is 24.3. The Balaban J connectivity index is 1.84. The predicted octanol–water partition coefficient (Wildman–Crippen LogP) is 2.90. The first-order valence-electron chi connectivity index (χ1n) is 9.13. The second-order valence-corrected chi connectivity index (χ2v) is 6.63. The number of hydrogen-bond acceptors (Lipinski definition) is 5. The summed E-state index contributed by atoms with van der Waals surface area (Å²) < 4.78 is 10.7. The number of nitrogens with one attached hydrogen (secondary N) is 1. The van der Waals surface area contributed by atoms with Gasteiger partial charge in [0.15, 0.2) is 12.7 Å². The van der Waals surface area contributed by atoms with Crippen molar-refractivity contribution in [2.24, 2.45) is 0 Å². The highest BCUT2D eigenvalue weighted by Crippen LogP contribution is 2.27. The molecule has 0 spiro atoms. The van der Waals surface area contributed by atoms with Gasteiger partial charge in [0.1, 0.15) is 11.3 Å². The maximum absolute atomic E-state index is 12.3. The van der Waals surface area contributed by atoms with Crippen LogP contribution in [0.1, 0.15) is 51.5 Å². The minimum absolute atomic E-state index is 0.266. The molecule has 1 aromatic carbocycles. The zero-order chi connectivity index (χ0) is 19.0. The summed E-state index contributed by atoms with van der Waals surface area (Å²) in [5.74, 6) is -0.432. The van der Waals surface area contributed by atoms with E-state index in [0.29, 0.717) is 18.6 Å². The maximum Gasteiger partial charge on any atom is 0.344 e. The SMILES string of the molecule is CCc1ccccc1OCC(=O)OC(C)C(=O)NC1(C#N)CCCCC1. The van der Waals surface area contributed by atoms with Crippen molar-refractivity contribution in [3.05, 3.63) is 29.8 Å². The normalized spacial score (nSPS) is 16.8. The number of rotatable bonds is 7. The van der Waals surface area contributed by atoms with Crippen LogP contribution in [0.3, 0.4) is 0 Å². The smallest absolute Gasteiger partial charge is 0.344 e. The molecule has 1 aliphatic rings. The van der Waals surface area contributed by atoms with E-state index in [2.05, 4.69) is 11.4 Å². The van der Waals surface area contributed by atoms with Crippen molar-refractivity contribution in [1.82, 2.24) is 5.32 Å². The number of nitrogens with zero attached hydrogens (tertiary/aromatic N) is 1. The molecule has 0 heterocycles. The van der Waals surface area contributed by atoms with Crippen LogP contribution in [0, 0.1) is 11.3 Å². The topological polar surface area (TPSA) is 88.4 Å². The molecule has 1 aromatic rings. The van der Waals surface area contributed by atoms with Gasteiger partial charge in [-0.05, 0) is 37.8 Å². The molecule has 6 nitrogen and oxygen atoms in total. The monoisotopic (exact) mass is 358 g/mol. The lowest BCUT2D eigenvalue weighted by molar-refractivity contribution is -0.157. The highest BCUT2D eigenvalue weighted by Gasteiger charge is 2.35. The van der Waals surface area contributed by atoms with Crippen LogP contribution in [0.4, 0.5) is 0 Å². The summed E-state index contributed by atoms with van der Waals surface area (Å²) in [6.07, 6.45) is 3.97. The molecule has 1 atom stereocenters. The maximum atomic E-state index is 12.3. The van der Waals surface area contributed by atoms with Crippen molar-refractivity contribution in [1.29, 1.82) is 5.26 Å². The molecule has 0 bridgehead atoms.